The number of carbonyl (C=O) groups is 3. The summed E-state index contributed by atoms with van der Waals surface area (Å²) in [7, 11) is 1.72. The molecule has 3 amide bonds. The van der Waals surface area contributed by atoms with Gasteiger partial charge in [-0.3, -0.25) is 19.3 Å². The average molecular weight is 399 g/mol. The zero-order valence-corrected chi connectivity index (χ0v) is 17.1. The van der Waals surface area contributed by atoms with Crippen molar-refractivity contribution in [3.8, 4) is 0 Å². The van der Waals surface area contributed by atoms with Crippen LogP contribution in [0.3, 0.4) is 0 Å². The third-order valence-electron chi connectivity index (χ3n) is 5.59. The van der Waals surface area contributed by atoms with Gasteiger partial charge in [0.05, 0.1) is 12.2 Å². The summed E-state index contributed by atoms with van der Waals surface area (Å²) in [4.78, 5) is 41.1. The molecule has 0 spiro atoms. The quantitative estimate of drug-likeness (QED) is 0.566. The molecule has 156 valence electrons. The third-order valence-corrected chi connectivity index (χ3v) is 5.59. The highest BCUT2D eigenvalue weighted by atomic mass is 16.3. The summed E-state index contributed by atoms with van der Waals surface area (Å²) in [5.74, 6) is -0.722. The van der Waals surface area contributed by atoms with Crippen LogP contribution in [-0.4, -0.2) is 58.9 Å². The first kappa shape index (κ1) is 21.0. The van der Waals surface area contributed by atoms with Crippen LogP contribution in [0.25, 0.3) is 5.57 Å². The second-order valence-electron chi connectivity index (χ2n) is 7.75. The van der Waals surface area contributed by atoms with E-state index in [9.17, 15) is 19.5 Å². The van der Waals surface area contributed by atoms with Crippen LogP contribution < -0.4 is 5.32 Å². The lowest BCUT2D eigenvalue weighted by Crippen LogP contribution is -2.42. The molecule has 1 aliphatic carbocycles. The minimum Gasteiger partial charge on any atom is -0.395 e. The number of carbonyl (C=O) groups excluding carboxylic acids is 3. The number of amides is 3. The van der Waals surface area contributed by atoms with E-state index in [1.54, 1.807) is 36.2 Å². The van der Waals surface area contributed by atoms with Gasteiger partial charge in [0, 0.05) is 32.2 Å². The number of anilines is 1. The smallest absolute Gasteiger partial charge is 0.278 e. The number of hydrogen-bond donors (Lipinski definition) is 2. The van der Waals surface area contributed by atoms with Crippen molar-refractivity contribution >= 4 is 29.0 Å². The number of hydrogen-bond acceptors (Lipinski definition) is 5. The van der Waals surface area contributed by atoms with Crippen molar-refractivity contribution < 1.29 is 19.5 Å². The number of nitrogens with zero attached hydrogens (tertiary/aromatic N) is 2. The topological polar surface area (TPSA) is 90.0 Å². The fourth-order valence-electron chi connectivity index (χ4n) is 4.18. The number of imide groups is 1. The van der Waals surface area contributed by atoms with Gasteiger partial charge in [0.2, 0.25) is 5.91 Å². The van der Waals surface area contributed by atoms with Crippen LogP contribution in [0.4, 0.5) is 5.69 Å². The van der Waals surface area contributed by atoms with E-state index >= 15 is 0 Å². The molecule has 1 aromatic carbocycles. The van der Waals surface area contributed by atoms with Crippen LogP contribution in [0.15, 0.2) is 30.0 Å². The summed E-state index contributed by atoms with van der Waals surface area (Å²) < 4.78 is 0. The van der Waals surface area contributed by atoms with Crippen molar-refractivity contribution in [2.45, 2.75) is 51.5 Å². The van der Waals surface area contributed by atoms with E-state index in [0.29, 0.717) is 22.5 Å². The van der Waals surface area contributed by atoms with Crippen molar-refractivity contribution in [1.29, 1.82) is 0 Å². The van der Waals surface area contributed by atoms with Gasteiger partial charge in [-0.25, -0.2) is 0 Å². The van der Waals surface area contributed by atoms with Crippen molar-refractivity contribution in [2.75, 3.05) is 25.5 Å². The molecule has 29 heavy (non-hydrogen) atoms. The van der Waals surface area contributed by atoms with Crippen molar-refractivity contribution in [1.82, 2.24) is 9.80 Å². The summed E-state index contributed by atoms with van der Waals surface area (Å²) >= 11 is 0. The molecule has 0 bridgehead atoms. The summed E-state index contributed by atoms with van der Waals surface area (Å²) in [6, 6.07) is 6.86. The van der Waals surface area contributed by atoms with Crippen LogP contribution in [0.5, 0.6) is 0 Å². The first-order chi connectivity index (χ1) is 13.9. The maximum absolute atomic E-state index is 13.4. The largest absolute Gasteiger partial charge is 0.395 e. The Bertz CT molecular complexity index is 808. The fraction of sp³-hybridized carbons (Fsp3) is 0.500. The summed E-state index contributed by atoms with van der Waals surface area (Å²) in [6.07, 6.45) is 5.98. The van der Waals surface area contributed by atoms with Crippen molar-refractivity contribution in [3.05, 3.63) is 35.5 Å². The zero-order valence-electron chi connectivity index (χ0n) is 17.1. The monoisotopic (exact) mass is 399 g/mol. The molecule has 7 nitrogen and oxygen atoms in total. The third kappa shape index (κ3) is 4.50. The van der Waals surface area contributed by atoms with E-state index in [0.717, 1.165) is 38.5 Å². The predicted octanol–water partition coefficient (Wildman–Crippen LogP) is 2.37. The lowest BCUT2D eigenvalue weighted by Gasteiger charge is -2.26. The van der Waals surface area contributed by atoms with Crippen LogP contribution in [0.1, 0.15) is 51.0 Å². The summed E-state index contributed by atoms with van der Waals surface area (Å²) in [5, 5.41) is 12.1. The highest BCUT2D eigenvalue weighted by Crippen LogP contribution is 2.35. The normalized spacial score (nSPS) is 18.2. The lowest BCUT2D eigenvalue weighted by atomic mass is 10.0. The van der Waals surface area contributed by atoms with E-state index in [4.69, 9.17) is 0 Å². The van der Waals surface area contributed by atoms with E-state index < -0.39 is 0 Å². The van der Waals surface area contributed by atoms with Crippen LogP contribution in [-0.2, 0) is 14.4 Å². The average Bonchev–Trinajstić information content (AvgIpc) is 2.83. The zero-order chi connectivity index (χ0) is 21.0. The van der Waals surface area contributed by atoms with Crippen LogP contribution in [0, 0.1) is 0 Å². The molecule has 1 fully saturated rings. The van der Waals surface area contributed by atoms with E-state index in [1.165, 1.54) is 11.8 Å². The van der Waals surface area contributed by atoms with Crippen molar-refractivity contribution in [2.24, 2.45) is 0 Å². The molecular weight excluding hydrogens is 370 g/mol. The van der Waals surface area contributed by atoms with E-state index in [-0.39, 0.29) is 36.9 Å². The van der Waals surface area contributed by atoms with Gasteiger partial charge in [0.15, 0.2) is 0 Å². The Balaban J connectivity index is 1.98. The second-order valence-corrected chi connectivity index (χ2v) is 7.75. The minimum absolute atomic E-state index is 0.0776. The van der Waals surface area contributed by atoms with Crippen LogP contribution >= 0.6 is 0 Å². The Labute approximate surface area is 171 Å². The van der Waals surface area contributed by atoms with Gasteiger partial charge in [-0.2, -0.15) is 0 Å². The summed E-state index contributed by atoms with van der Waals surface area (Å²) in [5.41, 5.74) is 1.96. The molecule has 0 saturated heterocycles. The minimum atomic E-state index is -0.279. The molecule has 1 aromatic rings. The van der Waals surface area contributed by atoms with Gasteiger partial charge in [-0.1, -0.05) is 37.8 Å². The number of rotatable bonds is 6. The van der Waals surface area contributed by atoms with Gasteiger partial charge in [0.1, 0.15) is 5.70 Å². The predicted molar refractivity (Wildman–Crippen MR) is 111 cm³/mol. The number of likely N-dealkylation sites (N-methyl/N-ethyl adjacent to an activating group) is 1. The molecule has 0 aromatic heterocycles. The Kier molecular flexibility index (Phi) is 6.69. The summed E-state index contributed by atoms with van der Waals surface area (Å²) in [6.45, 7) is 1.59. The molecule has 0 unspecified atom stereocenters. The Morgan fingerprint density at radius 3 is 2.28 bits per heavy atom. The Hall–Kier alpha value is -2.67. The molecule has 0 atom stereocenters. The van der Waals surface area contributed by atoms with Gasteiger partial charge >= 0.3 is 0 Å². The number of benzene rings is 1. The van der Waals surface area contributed by atoms with Gasteiger partial charge in [-0.15, -0.1) is 0 Å². The molecule has 2 aliphatic rings. The van der Waals surface area contributed by atoms with Gasteiger partial charge in [-0.05, 0) is 30.5 Å². The van der Waals surface area contributed by atoms with Crippen LogP contribution in [0.2, 0.25) is 0 Å². The van der Waals surface area contributed by atoms with E-state index in [2.05, 4.69) is 5.32 Å². The highest BCUT2D eigenvalue weighted by Gasteiger charge is 2.43. The maximum atomic E-state index is 13.4. The number of aliphatic hydroxyl groups excluding tert-OH is 1. The Morgan fingerprint density at radius 2 is 1.72 bits per heavy atom. The molecule has 1 saturated carbocycles. The lowest BCUT2D eigenvalue weighted by molar-refractivity contribution is -0.140. The first-order valence-corrected chi connectivity index (χ1v) is 10.3. The van der Waals surface area contributed by atoms with Gasteiger partial charge in [0.25, 0.3) is 11.8 Å². The van der Waals surface area contributed by atoms with E-state index in [1.807, 2.05) is 0 Å². The second kappa shape index (κ2) is 9.22. The number of nitrogens with one attached hydrogen (secondary N) is 1. The fourth-order valence-corrected chi connectivity index (χ4v) is 4.18. The SMILES string of the molecule is CC(=O)Nc1ccc(C2=C(N(C)CCO)C(=O)N(C3CCCCCC3)C2=O)cc1. The molecule has 7 heteroatoms. The first-order valence-electron chi connectivity index (χ1n) is 10.3. The molecular formula is C22H29N3O4. The molecule has 0 radical (unpaired) electrons. The Morgan fingerprint density at radius 1 is 1.10 bits per heavy atom. The maximum Gasteiger partial charge on any atom is 0.278 e. The molecule has 1 aliphatic heterocycles. The molecule has 2 N–H and O–H groups in total. The standard InChI is InChI=1S/C22H29N3O4/c1-15(27)23-17-11-9-16(10-12-17)19-20(24(2)13-14-26)22(29)25(21(19)28)18-7-5-3-4-6-8-18/h9-12,18,26H,3-8,13-14H2,1-2H3,(H,23,27). The number of aliphatic hydroxyl groups is 1. The molecule has 3 rings (SSSR count). The van der Waals surface area contributed by atoms with Gasteiger partial charge < -0.3 is 15.3 Å². The molecule has 1 heterocycles. The highest BCUT2D eigenvalue weighted by molar-refractivity contribution is 6.35. The van der Waals surface area contributed by atoms with Crippen molar-refractivity contribution in [3.63, 3.8) is 0 Å².